The maximum absolute atomic E-state index is 5.52. The lowest BCUT2D eigenvalue weighted by Crippen LogP contribution is -2.30. The number of para-hydroxylation sites is 1. The van der Waals surface area contributed by atoms with Gasteiger partial charge in [-0.15, -0.1) is 0 Å². The molecule has 18 heavy (non-hydrogen) atoms. The Morgan fingerprint density at radius 2 is 1.94 bits per heavy atom. The summed E-state index contributed by atoms with van der Waals surface area (Å²) in [6, 6.07) is 12.5. The third-order valence-corrected chi connectivity index (χ3v) is 4.39. The van der Waals surface area contributed by atoms with Crippen molar-refractivity contribution in [1.82, 2.24) is 4.57 Å². The smallest absolute Gasteiger partial charge is 0.235 e. The Morgan fingerprint density at radius 1 is 1.17 bits per heavy atom. The number of rotatable bonds is 1. The Hall–Kier alpha value is -1.52. The first-order chi connectivity index (χ1) is 8.68. The zero-order chi connectivity index (χ0) is 12.7. The normalized spacial score (nSPS) is 11.0. The van der Waals surface area contributed by atoms with E-state index in [0.29, 0.717) is 0 Å². The van der Waals surface area contributed by atoms with Gasteiger partial charge in [-0.3, -0.25) is 0 Å². The van der Waals surface area contributed by atoms with Gasteiger partial charge in [-0.1, -0.05) is 29.5 Å². The topological polar surface area (TPSA) is 8.81 Å². The number of hydrogen-bond donors (Lipinski definition) is 0. The highest BCUT2D eigenvalue weighted by atomic mass is 32.1. The summed E-state index contributed by atoms with van der Waals surface area (Å²) in [5.74, 6) is 0. The van der Waals surface area contributed by atoms with Crippen molar-refractivity contribution in [2.24, 2.45) is 7.05 Å². The van der Waals surface area contributed by atoms with Gasteiger partial charge in [-0.25, -0.2) is 4.57 Å². The van der Waals surface area contributed by atoms with E-state index >= 15 is 0 Å². The van der Waals surface area contributed by atoms with Gasteiger partial charge in [-0.05, 0) is 42.9 Å². The van der Waals surface area contributed by atoms with E-state index in [4.69, 9.17) is 12.2 Å². The van der Waals surface area contributed by atoms with Crippen LogP contribution >= 0.6 is 23.6 Å². The van der Waals surface area contributed by atoms with Gasteiger partial charge in [0.15, 0.2) is 0 Å². The Kier molecular flexibility index (Phi) is 2.76. The molecule has 0 amide bonds. The zero-order valence-corrected chi connectivity index (χ0v) is 11.9. The van der Waals surface area contributed by atoms with Crippen molar-refractivity contribution < 1.29 is 4.57 Å². The average Bonchev–Trinajstić information content (AvgIpc) is 2.68. The minimum absolute atomic E-state index is 0.890. The second kappa shape index (κ2) is 4.30. The van der Waals surface area contributed by atoms with Crippen molar-refractivity contribution in [3.63, 3.8) is 0 Å². The Labute approximate surface area is 115 Å². The minimum atomic E-state index is 0.890. The van der Waals surface area contributed by atoms with Crippen molar-refractivity contribution in [3.05, 3.63) is 52.1 Å². The van der Waals surface area contributed by atoms with Crippen molar-refractivity contribution in [1.29, 1.82) is 0 Å². The first-order valence-corrected chi connectivity index (χ1v) is 6.97. The van der Waals surface area contributed by atoms with E-state index in [9.17, 15) is 0 Å². The maximum atomic E-state index is 5.52. The van der Waals surface area contributed by atoms with Gasteiger partial charge in [0, 0.05) is 0 Å². The van der Waals surface area contributed by atoms with Gasteiger partial charge in [-0.2, -0.15) is 4.57 Å². The molecule has 0 aliphatic rings. The Bertz CT molecular complexity index is 784. The second-order valence-electron chi connectivity index (χ2n) is 4.30. The van der Waals surface area contributed by atoms with Gasteiger partial charge in [0.05, 0.1) is 13.2 Å². The predicted octanol–water partition coefficient (Wildman–Crippen LogP) is 3.55. The first kappa shape index (κ1) is 11.6. The molecule has 0 unspecified atom stereocenters. The molecule has 0 saturated heterocycles. The van der Waals surface area contributed by atoms with Crippen LogP contribution in [-0.2, 0) is 7.05 Å². The number of aryl methyl sites for hydroxylation is 2. The Balaban J connectivity index is 2.47. The van der Waals surface area contributed by atoms with Gasteiger partial charge in [0.2, 0.25) is 0 Å². The van der Waals surface area contributed by atoms with Gasteiger partial charge < -0.3 is 0 Å². The van der Waals surface area contributed by atoms with E-state index < -0.39 is 0 Å². The lowest BCUT2D eigenvalue weighted by Gasteiger charge is -2.02. The summed E-state index contributed by atoms with van der Waals surface area (Å²) >= 11 is 7.18. The van der Waals surface area contributed by atoms with Gasteiger partial charge in [0.1, 0.15) is 10.4 Å². The largest absolute Gasteiger partial charge is 0.305 e. The van der Waals surface area contributed by atoms with Crippen LogP contribution in [0, 0.1) is 10.9 Å². The van der Waals surface area contributed by atoms with Crippen LogP contribution in [0.4, 0.5) is 0 Å². The molecular formula is C14H13N2S2+. The van der Waals surface area contributed by atoms with Crippen LogP contribution in [0.15, 0.2) is 42.6 Å². The summed E-state index contributed by atoms with van der Waals surface area (Å²) in [4.78, 5) is 0. The van der Waals surface area contributed by atoms with Crippen LogP contribution < -0.4 is 4.57 Å². The minimum Gasteiger partial charge on any atom is -0.235 e. The second-order valence-corrected chi connectivity index (χ2v) is 5.97. The van der Waals surface area contributed by atoms with Crippen LogP contribution in [0.5, 0.6) is 0 Å². The number of benzene rings is 1. The monoisotopic (exact) mass is 273 g/mol. The van der Waals surface area contributed by atoms with Crippen molar-refractivity contribution in [3.8, 4) is 5.69 Å². The number of hydrogen-bond acceptors (Lipinski definition) is 2. The molecule has 2 aromatic heterocycles. The standard InChI is InChI=1S/C14H13N2S2/c1-10-6-3-4-7-11(10)16-13-12(18-14(16)17)8-5-9-15(13)2/h3-9H,1-2H3/q+1. The predicted molar refractivity (Wildman–Crippen MR) is 77.9 cm³/mol. The van der Waals surface area contributed by atoms with Crippen molar-refractivity contribution in [2.75, 3.05) is 0 Å². The average molecular weight is 273 g/mol. The number of thiazole rings is 1. The molecule has 3 aromatic rings. The third kappa shape index (κ3) is 1.69. The van der Waals surface area contributed by atoms with E-state index in [1.165, 1.54) is 10.3 Å². The third-order valence-electron chi connectivity index (χ3n) is 3.06. The van der Waals surface area contributed by atoms with Crippen LogP contribution in [0.3, 0.4) is 0 Å². The number of fused-ring (bicyclic) bond motifs is 1. The fraction of sp³-hybridized carbons (Fsp3) is 0.143. The van der Waals surface area contributed by atoms with Crippen LogP contribution in [0.2, 0.25) is 0 Å². The quantitative estimate of drug-likeness (QED) is 0.486. The molecule has 0 N–H and O–H groups in total. The van der Waals surface area contributed by atoms with Crippen LogP contribution in [-0.4, -0.2) is 4.57 Å². The van der Waals surface area contributed by atoms with E-state index in [0.717, 1.165) is 15.3 Å². The molecule has 0 aliphatic heterocycles. The SMILES string of the molecule is Cc1ccccc1-n1c(=S)sc2ccc[n+](C)c21. The molecule has 3 rings (SSSR count). The van der Waals surface area contributed by atoms with E-state index in [-0.39, 0.29) is 0 Å². The van der Waals surface area contributed by atoms with Gasteiger partial charge in [0.25, 0.3) is 3.95 Å². The fourth-order valence-corrected chi connectivity index (χ4v) is 3.57. The number of aromatic nitrogens is 2. The molecule has 0 bridgehead atoms. The number of pyridine rings is 1. The molecule has 1 aromatic carbocycles. The summed E-state index contributed by atoms with van der Waals surface area (Å²) in [5, 5.41) is 0. The lowest BCUT2D eigenvalue weighted by atomic mass is 10.2. The summed E-state index contributed by atoms with van der Waals surface area (Å²) in [5.41, 5.74) is 3.55. The van der Waals surface area contributed by atoms with E-state index in [2.05, 4.69) is 65.7 Å². The highest BCUT2D eigenvalue weighted by molar-refractivity contribution is 7.73. The Morgan fingerprint density at radius 3 is 2.72 bits per heavy atom. The summed E-state index contributed by atoms with van der Waals surface area (Å²) in [6.45, 7) is 2.11. The van der Waals surface area contributed by atoms with Crippen LogP contribution in [0.1, 0.15) is 5.56 Å². The molecular weight excluding hydrogens is 260 g/mol. The fourth-order valence-electron chi connectivity index (χ4n) is 2.18. The van der Waals surface area contributed by atoms with Gasteiger partial charge >= 0.3 is 5.65 Å². The number of nitrogens with zero attached hydrogens (tertiary/aromatic N) is 2. The first-order valence-electron chi connectivity index (χ1n) is 5.74. The summed E-state index contributed by atoms with van der Waals surface area (Å²) in [7, 11) is 2.05. The molecule has 90 valence electrons. The molecule has 0 saturated carbocycles. The highest BCUT2D eigenvalue weighted by Gasteiger charge is 2.18. The molecule has 2 nitrogen and oxygen atoms in total. The molecule has 0 fully saturated rings. The maximum Gasteiger partial charge on any atom is 0.305 e. The summed E-state index contributed by atoms with van der Waals surface area (Å²) in [6.07, 6.45) is 2.05. The lowest BCUT2D eigenvalue weighted by molar-refractivity contribution is -0.647. The molecule has 0 spiro atoms. The molecule has 2 heterocycles. The van der Waals surface area contributed by atoms with E-state index in [1.807, 2.05) is 0 Å². The van der Waals surface area contributed by atoms with Crippen molar-refractivity contribution in [2.45, 2.75) is 6.92 Å². The van der Waals surface area contributed by atoms with Crippen molar-refractivity contribution >= 4 is 33.9 Å². The summed E-state index contributed by atoms with van der Waals surface area (Å²) < 4.78 is 6.38. The molecule has 4 heteroatoms. The van der Waals surface area contributed by atoms with Crippen LogP contribution in [0.25, 0.3) is 16.0 Å². The molecule has 0 atom stereocenters. The van der Waals surface area contributed by atoms with E-state index in [1.54, 1.807) is 11.3 Å². The molecule has 0 radical (unpaired) electrons. The highest BCUT2D eigenvalue weighted by Crippen LogP contribution is 2.25. The molecule has 0 aliphatic carbocycles. The zero-order valence-electron chi connectivity index (χ0n) is 10.3.